The minimum atomic E-state index is -0.173. The minimum absolute atomic E-state index is 0.173. The van der Waals surface area contributed by atoms with Crippen molar-refractivity contribution in [3.8, 4) is 5.75 Å². The van der Waals surface area contributed by atoms with Gasteiger partial charge >= 0.3 is 0 Å². The molecule has 0 unspecified atom stereocenters. The maximum absolute atomic E-state index is 13.2. The second-order valence-corrected chi connectivity index (χ2v) is 6.93. The van der Waals surface area contributed by atoms with Crippen molar-refractivity contribution < 1.29 is 9.53 Å². The lowest BCUT2D eigenvalue weighted by Crippen LogP contribution is -2.48. The van der Waals surface area contributed by atoms with Crippen molar-refractivity contribution >= 4 is 5.91 Å². The van der Waals surface area contributed by atoms with Crippen LogP contribution in [0.4, 0.5) is 0 Å². The molecule has 23 heavy (non-hydrogen) atoms. The van der Waals surface area contributed by atoms with Crippen LogP contribution in [0.15, 0.2) is 24.3 Å². The molecule has 1 aliphatic carbocycles. The molecule has 1 saturated heterocycles. The molecule has 1 aliphatic heterocycles. The topological polar surface area (TPSA) is 41.6 Å². The fraction of sp³-hybridized carbons (Fsp3) is 0.632. The summed E-state index contributed by atoms with van der Waals surface area (Å²) in [6.45, 7) is 5.08. The SMILES string of the molecule is CCOc1ccccc1CN(C)C(=O)[C@@]12CCCC[C@H]1CNC2. The van der Waals surface area contributed by atoms with E-state index in [1.165, 1.54) is 19.3 Å². The standard InChI is InChI=1S/C19H28N2O2/c1-3-23-17-10-5-4-8-15(17)13-21(2)18(22)19-11-7-6-9-16(19)12-20-14-19/h4-5,8,10,16,20H,3,6-7,9,11-14H2,1-2H3/t16-,19+/m0/s1. The molecule has 1 N–H and O–H groups in total. The van der Waals surface area contributed by atoms with Crippen LogP contribution >= 0.6 is 0 Å². The van der Waals surface area contributed by atoms with Crippen molar-refractivity contribution in [2.24, 2.45) is 11.3 Å². The molecule has 126 valence electrons. The van der Waals surface area contributed by atoms with Crippen molar-refractivity contribution in [2.75, 3.05) is 26.7 Å². The van der Waals surface area contributed by atoms with Gasteiger partial charge in [-0.3, -0.25) is 4.79 Å². The Hall–Kier alpha value is -1.55. The Balaban J connectivity index is 1.75. The Morgan fingerprint density at radius 2 is 2.22 bits per heavy atom. The fourth-order valence-corrected chi connectivity index (χ4v) is 4.31. The van der Waals surface area contributed by atoms with Gasteiger partial charge in [0.2, 0.25) is 5.91 Å². The second kappa shape index (κ2) is 6.91. The van der Waals surface area contributed by atoms with Gasteiger partial charge in [0.25, 0.3) is 0 Å². The van der Waals surface area contributed by atoms with Crippen LogP contribution in [0.1, 0.15) is 38.2 Å². The van der Waals surface area contributed by atoms with E-state index in [1.54, 1.807) is 0 Å². The molecule has 2 aliphatic rings. The molecule has 0 bridgehead atoms. The summed E-state index contributed by atoms with van der Waals surface area (Å²) in [6, 6.07) is 8.02. The minimum Gasteiger partial charge on any atom is -0.494 e. The second-order valence-electron chi connectivity index (χ2n) is 6.93. The number of carbonyl (C=O) groups is 1. The maximum Gasteiger partial charge on any atom is 0.230 e. The Morgan fingerprint density at radius 3 is 3.04 bits per heavy atom. The van der Waals surface area contributed by atoms with E-state index in [0.29, 0.717) is 25.0 Å². The van der Waals surface area contributed by atoms with Crippen LogP contribution in [0, 0.1) is 11.3 Å². The van der Waals surface area contributed by atoms with E-state index < -0.39 is 0 Å². The van der Waals surface area contributed by atoms with Gasteiger partial charge in [-0.1, -0.05) is 31.0 Å². The first-order valence-electron chi connectivity index (χ1n) is 8.84. The summed E-state index contributed by atoms with van der Waals surface area (Å²) in [5, 5.41) is 3.46. The number of nitrogens with zero attached hydrogens (tertiary/aromatic N) is 1. The molecule has 3 rings (SSSR count). The first kappa shape index (κ1) is 16.3. The molecule has 0 aromatic heterocycles. The Labute approximate surface area is 139 Å². The van der Waals surface area contributed by atoms with Gasteiger partial charge in [-0.25, -0.2) is 0 Å². The van der Waals surface area contributed by atoms with Crippen molar-refractivity contribution in [1.82, 2.24) is 10.2 Å². The summed E-state index contributed by atoms with van der Waals surface area (Å²) in [6.07, 6.45) is 4.65. The Kier molecular flexibility index (Phi) is 4.90. The third-order valence-electron chi connectivity index (χ3n) is 5.49. The maximum atomic E-state index is 13.2. The summed E-state index contributed by atoms with van der Waals surface area (Å²) in [7, 11) is 1.93. The monoisotopic (exact) mass is 316 g/mol. The van der Waals surface area contributed by atoms with Gasteiger partial charge in [0.15, 0.2) is 0 Å². The molecule has 1 aromatic rings. The molecule has 1 saturated carbocycles. The number of hydrogen-bond acceptors (Lipinski definition) is 3. The molecule has 1 amide bonds. The molecule has 4 nitrogen and oxygen atoms in total. The Morgan fingerprint density at radius 1 is 1.39 bits per heavy atom. The fourth-order valence-electron chi connectivity index (χ4n) is 4.31. The lowest BCUT2D eigenvalue weighted by Gasteiger charge is -2.40. The van der Waals surface area contributed by atoms with E-state index in [1.807, 2.05) is 37.1 Å². The highest BCUT2D eigenvalue weighted by atomic mass is 16.5. The zero-order valence-electron chi connectivity index (χ0n) is 14.3. The van der Waals surface area contributed by atoms with Crippen molar-refractivity contribution in [3.63, 3.8) is 0 Å². The summed E-state index contributed by atoms with van der Waals surface area (Å²) in [4.78, 5) is 15.1. The highest BCUT2D eigenvalue weighted by molar-refractivity contribution is 5.83. The number of rotatable bonds is 5. The molecule has 2 fully saturated rings. The van der Waals surface area contributed by atoms with Gasteiger partial charge in [0.05, 0.1) is 12.0 Å². The lowest BCUT2D eigenvalue weighted by molar-refractivity contribution is -0.144. The van der Waals surface area contributed by atoms with E-state index >= 15 is 0 Å². The number of para-hydroxylation sites is 1. The van der Waals surface area contributed by atoms with Crippen LogP contribution in [-0.4, -0.2) is 37.6 Å². The van der Waals surface area contributed by atoms with Gasteiger partial charge in [-0.15, -0.1) is 0 Å². The number of hydrogen-bond donors (Lipinski definition) is 1. The smallest absolute Gasteiger partial charge is 0.230 e. The van der Waals surface area contributed by atoms with E-state index in [9.17, 15) is 4.79 Å². The van der Waals surface area contributed by atoms with Crippen LogP contribution in [0.2, 0.25) is 0 Å². The van der Waals surface area contributed by atoms with E-state index in [0.717, 1.165) is 30.8 Å². The largest absolute Gasteiger partial charge is 0.494 e. The lowest BCUT2D eigenvalue weighted by atomic mass is 9.67. The van der Waals surface area contributed by atoms with Crippen molar-refractivity contribution in [3.05, 3.63) is 29.8 Å². The zero-order chi connectivity index (χ0) is 16.3. The number of ether oxygens (including phenoxy) is 1. The predicted octanol–water partition coefficient (Wildman–Crippen LogP) is 2.82. The first-order chi connectivity index (χ1) is 11.2. The third kappa shape index (κ3) is 3.09. The van der Waals surface area contributed by atoms with Crippen LogP contribution in [0.5, 0.6) is 5.75 Å². The van der Waals surface area contributed by atoms with Gasteiger partial charge in [-0.05, 0) is 38.3 Å². The van der Waals surface area contributed by atoms with Crippen molar-refractivity contribution in [2.45, 2.75) is 39.2 Å². The average Bonchev–Trinajstić information content (AvgIpc) is 3.01. The van der Waals surface area contributed by atoms with Gasteiger partial charge < -0.3 is 15.0 Å². The molecule has 0 radical (unpaired) electrons. The van der Waals surface area contributed by atoms with Crippen LogP contribution < -0.4 is 10.1 Å². The highest BCUT2D eigenvalue weighted by Gasteiger charge is 2.50. The van der Waals surface area contributed by atoms with Crippen LogP contribution in [0.25, 0.3) is 0 Å². The van der Waals surface area contributed by atoms with E-state index in [4.69, 9.17) is 4.74 Å². The summed E-state index contributed by atoms with van der Waals surface area (Å²) >= 11 is 0. The normalized spacial score (nSPS) is 26.6. The molecule has 1 aromatic carbocycles. The molecular weight excluding hydrogens is 288 g/mol. The van der Waals surface area contributed by atoms with Gasteiger partial charge in [0, 0.05) is 25.7 Å². The van der Waals surface area contributed by atoms with Crippen LogP contribution in [0.3, 0.4) is 0 Å². The summed E-state index contributed by atoms with van der Waals surface area (Å²) < 4.78 is 5.70. The van der Waals surface area contributed by atoms with E-state index in [2.05, 4.69) is 11.4 Å². The van der Waals surface area contributed by atoms with E-state index in [-0.39, 0.29) is 5.41 Å². The molecule has 2 atom stereocenters. The van der Waals surface area contributed by atoms with Gasteiger partial charge in [0.1, 0.15) is 5.75 Å². The third-order valence-corrected chi connectivity index (χ3v) is 5.49. The number of amides is 1. The number of nitrogens with one attached hydrogen (secondary N) is 1. The zero-order valence-corrected chi connectivity index (χ0v) is 14.3. The number of benzene rings is 1. The highest BCUT2D eigenvalue weighted by Crippen LogP contribution is 2.45. The van der Waals surface area contributed by atoms with Crippen molar-refractivity contribution in [1.29, 1.82) is 0 Å². The average molecular weight is 316 g/mol. The number of fused-ring (bicyclic) bond motifs is 1. The summed E-state index contributed by atoms with van der Waals surface area (Å²) in [5.41, 5.74) is 0.910. The summed E-state index contributed by atoms with van der Waals surface area (Å²) in [5.74, 6) is 1.70. The Bertz CT molecular complexity index is 560. The van der Waals surface area contributed by atoms with Gasteiger partial charge in [-0.2, -0.15) is 0 Å². The quantitative estimate of drug-likeness (QED) is 0.908. The molecule has 4 heteroatoms. The predicted molar refractivity (Wildman–Crippen MR) is 91.3 cm³/mol. The molecule has 0 spiro atoms. The number of carbonyl (C=O) groups excluding carboxylic acids is 1. The first-order valence-corrected chi connectivity index (χ1v) is 8.84. The molecular formula is C19H28N2O2. The molecule has 1 heterocycles. The van der Waals surface area contributed by atoms with Crippen LogP contribution in [-0.2, 0) is 11.3 Å².